The standard InChI is InChI=1S/C55H54N6O12/c1-68-29-30-70-54(67)60-42-20-14-35(9-8-22-57-53(56)66)31-41(42)55(52(60)65)45(50(63)59-25-23-58(24-26-59)33-36-15-21-43-44(32-36)72-34-71-43)47-51(64)73-48(38-12-6-3-7-13-38)46(37-10-4-2-5-11-37)61(47)49(55)39-16-18-40(19-17-39)69-28-27-62/h2-7,10-21,31-32,45-49,62H,22-30,33-34H2,1H3,(H3,56,57,66)/t45-,46-,47-,48+,49+,55-/m1/s1. The molecule has 0 aliphatic carbocycles. The highest BCUT2D eigenvalue weighted by molar-refractivity contribution is 6.23. The quantitative estimate of drug-likeness (QED) is 0.0837. The van der Waals surface area contributed by atoms with Crippen LogP contribution in [0.5, 0.6) is 17.2 Å². The molecule has 5 amide bonds. The second-order valence-electron chi connectivity index (χ2n) is 18.2. The van der Waals surface area contributed by atoms with Crippen LogP contribution >= 0.6 is 0 Å². The number of aliphatic hydroxyl groups excluding tert-OH is 1. The van der Waals surface area contributed by atoms with Crippen molar-refractivity contribution in [2.45, 2.75) is 36.2 Å². The predicted octanol–water partition coefficient (Wildman–Crippen LogP) is 4.60. The van der Waals surface area contributed by atoms with Crippen LogP contribution in [0.15, 0.2) is 121 Å². The van der Waals surface area contributed by atoms with E-state index in [0.717, 1.165) is 16.0 Å². The van der Waals surface area contributed by atoms with Crippen molar-refractivity contribution in [3.8, 4) is 29.1 Å². The fourth-order valence-corrected chi connectivity index (χ4v) is 11.0. The normalized spacial score (nSPS) is 23.0. The molecule has 0 aromatic heterocycles. The van der Waals surface area contributed by atoms with Crippen molar-refractivity contribution in [3.05, 3.63) is 155 Å². The summed E-state index contributed by atoms with van der Waals surface area (Å²) in [6.45, 7) is 1.68. The van der Waals surface area contributed by atoms with Crippen molar-refractivity contribution in [1.29, 1.82) is 0 Å². The Balaban J connectivity index is 1.18. The fraction of sp³-hybridized carbons (Fsp3) is 0.327. The van der Waals surface area contributed by atoms with E-state index in [2.05, 4.69) is 22.1 Å². The molecular formula is C55H54N6O12. The smallest absolute Gasteiger partial charge is 0.421 e. The lowest BCUT2D eigenvalue weighted by atomic mass is 9.65. The maximum Gasteiger partial charge on any atom is 0.421 e. The lowest BCUT2D eigenvalue weighted by molar-refractivity contribution is -0.179. The third-order valence-corrected chi connectivity index (χ3v) is 14.1. The number of aliphatic hydroxyl groups is 1. The van der Waals surface area contributed by atoms with Crippen LogP contribution in [0.25, 0.3) is 0 Å². The summed E-state index contributed by atoms with van der Waals surface area (Å²) in [5.74, 6) is 4.22. The number of anilines is 1. The van der Waals surface area contributed by atoms with Crippen LogP contribution < -0.4 is 30.2 Å². The van der Waals surface area contributed by atoms with E-state index in [-0.39, 0.29) is 64.1 Å². The Kier molecular flexibility index (Phi) is 14.0. The van der Waals surface area contributed by atoms with Crippen LogP contribution in [0, 0.1) is 17.8 Å². The first-order valence-corrected chi connectivity index (χ1v) is 24.1. The Morgan fingerprint density at radius 3 is 2.25 bits per heavy atom. The number of nitrogens with two attached hydrogens (primary N) is 1. The number of rotatable bonds is 13. The molecule has 0 radical (unpaired) electrons. The third kappa shape index (κ3) is 9.16. The number of methoxy groups -OCH3 is 1. The molecule has 18 heteroatoms. The van der Waals surface area contributed by atoms with E-state index in [0.29, 0.717) is 53.6 Å². The van der Waals surface area contributed by atoms with Gasteiger partial charge in [0.15, 0.2) is 11.5 Å². The predicted molar refractivity (Wildman–Crippen MR) is 263 cm³/mol. The molecule has 5 aliphatic rings. The number of morpholine rings is 1. The van der Waals surface area contributed by atoms with E-state index < -0.39 is 65.5 Å². The lowest BCUT2D eigenvalue weighted by Gasteiger charge is -2.46. The highest BCUT2D eigenvalue weighted by Gasteiger charge is 2.76. The second kappa shape index (κ2) is 21.0. The van der Waals surface area contributed by atoms with Gasteiger partial charge in [0.25, 0.3) is 0 Å². The number of urea groups is 1. The second-order valence-corrected chi connectivity index (χ2v) is 18.2. The number of cyclic esters (lactones) is 1. The van der Waals surface area contributed by atoms with Crippen molar-refractivity contribution >= 4 is 35.6 Å². The Bertz CT molecular complexity index is 2940. The number of nitrogens with zero attached hydrogens (tertiary/aromatic N) is 4. The first-order chi connectivity index (χ1) is 35.6. The number of esters is 1. The van der Waals surface area contributed by atoms with Crippen molar-refractivity contribution in [2.75, 3.05) is 78.0 Å². The molecule has 3 saturated heterocycles. The van der Waals surface area contributed by atoms with Gasteiger partial charge < -0.3 is 49.5 Å². The van der Waals surface area contributed by atoms with Gasteiger partial charge in [0.1, 0.15) is 36.5 Å². The molecule has 5 aromatic rings. The van der Waals surface area contributed by atoms with E-state index in [4.69, 9.17) is 34.2 Å². The van der Waals surface area contributed by atoms with Crippen LogP contribution in [0.4, 0.5) is 15.3 Å². The molecule has 0 unspecified atom stereocenters. The van der Waals surface area contributed by atoms with Crippen LogP contribution in [0.3, 0.4) is 0 Å². The van der Waals surface area contributed by atoms with Crippen LogP contribution in [0.1, 0.15) is 51.6 Å². The summed E-state index contributed by atoms with van der Waals surface area (Å²) < 4.78 is 34.6. The number of amides is 5. The number of hydrogen-bond acceptors (Lipinski definition) is 14. The molecule has 18 nitrogen and oxygen atoms in total. The van der Waals surface area contributed by atoms with Crippen molar-refractivity contribution in [3.63, 3.8) is 0 Å². The number of ether oxygens (including phenoxy) is 6. The van der Waals surface area contributed by atoms with Gasteiger partial charge in [0.05, 0.1) is 43.4 Å². The van der Waals surface area contributed by atoms with E-state index >= 15 is 14.4 Å². The Morgan fingerprint density at radius 1 is 0.808 bits per heavy atom. The zero-order chi connectivity index (χ0) is 50.6. The first-order valence-electron chi connectivity index (χ1n) is 24.1. The molecule has 3 fully saturated rings. The molecule has 376 valence electrons. The summed E-state index contributed by atoms with van der Waals surface area (Å²) in [4.78, 5) is 81.5. The number of hydrogen-bond donors (Lipinski definition) is 3. The zero-order valence-electron chi connectivity index (χ0n) is 40.0. The summed E-state index contributed by atoms with van der Waals surface area (Å²) in [7, 11) is 1.46. The maximum absolute atomic E-state index is 16.5. The topological polar surface area (TPSA) is 212 Å². The first kappa shape index (κ1) is 48.7. The maximum atomic E-state index is 16.5. The highest BCUT2D eigenvalue weighted by atomic mass is 16.7. The van der Waals surface area contributed by atoms with E-state index in [1.54, 1.807) is 47.4 Å². The van der Waals surface area contributed by atoms with Gasteiger partial charge in [-0.2, -0.15) is 0 Å². The largest absolute Gasteiger partial charge is 0.491 e. The molecule has 10 rings (SSSR count). The molecule has 5 aromatic carbocycles. The van der Waals surface area contributed by atoms with E-state index in [1.807, 2.05) is 83.8 Å². The van der Waals surface area contributed by atoms with Gasteiger partial charge in [-0.05, 0) is 70.3 Å². The Labute approximate surface area is 421 Å². The van der Waals surface area contributed by atoms with Crippen molar-refractivity contribution < 1.29 is 57.5 Å². The molecule has 1 spiro atoms. The van der Waals surface area contributed by atoms with E-state index in [9.17, 15) is 14.7 Å². The minimum Gasteiger partial charge on any atom is -0.491 e. The number of nitrogens with one attached hydrogen (secondary N) is 1. The molecule has 0 saturated carbocycles. The molecule has 5 aliphatic heterocycles. The number of imide groups is 1. The number of carbonyl (C=O) groups excluding carboxylic acids is 5. The lowest BCUT2D eigenvalue weighted by Crippen LogP contribution is -2.59. The zero-order valence-corrected chi connectivity index (χ0v) is 40.0. The molecule has 4 N–H and O–H groups in total. The summed E-state index contributed by atoms with van der Waals surface area (Å²) in [5.41, 5.74) is 7.00. The molecule has 6 atom stereocenters. The minimum atomic E-state index is -2.06. The summed E-state index contributed by atoms with van der Waals surface area (Å²) in [6.07, 6.45) is -1.94. The molecular weight excluding hydrogens is 937 g/mol. The Hall–Kier alpha value is -7.95. The van der Waals surface area contributed by atoms with Gasteiger partial charge in [-0.15, -0.1) is 0 Å². The van der Waals surface area contributed by atoms with E-state index in [1.165, 1.54) is 7.11 Å². The molecule has 5 heterocycles. The summed E-state index contributed by atoms with van der Waals surface area (Å²) in [5, 5.41) is 12.1. The van der Waals surface area contributed by atoms with Crippen molar-refractivity contribution in [1.82, 2.24) is 20.0 Å². The fourth-order valence-electron chi connectivity index (χ4n) is 11.0. The number of benzene rings is 5. The number of fused-ring (bicyclic) bond motifs is 4. The third-order valence-electron chi connectivity index (χ3n) is 14.1. The summed E-state index contributed by atoms with van der Waals surface area (Å²) >= 11 is 0. The molecule has 73 heavy (non-hydrogen) atoms. The van der Waals surface area contributed by atoms with Gasteiger partial charge in [-0.1, -0.05) is 90.7 Å². The Morgan fingerprint density at radius 2 is 1.53 bits per heavy atom. The van der Waals surface area contributed by atoms with Gasteiger partial charge in [0.2, 0.25) is 18.6 Å². The number of primary amides is 1. The summed E-state index contributed by atoms with van der Waals surface area (Å²) in [6, 6.07) is 32.4. The van der Waals surface area contributed by atoms with Crippen LogP contribution in [0.2, 0.25) is 0 Å². The number of piperazine rings is 1. The number of carbonyl (C=O) groups is 5. The van der Waals surface area contributed by atoms with Gasteiger partial charge >= 0.3 is 18.1 Å². The average Bonchev–Trinajstić information content (AvgIpc) is 4.12. The SMILES string of the molecule is COCCOC(=O)N1C(=O)[C@@]2(c3cc(C#CCNC(N)=O)ccc31)[C@H](c1ccc(OCCO)cc1)N1[C@H](c3ccccc3)[C@H](c3ccccc3)OC(=O)[C@H]1[C@@H]2C(=O)N1CCN(Cc2ccc3c(c2)OCO3)CC1. The molecule has 0 bridgehead atoms. The van der Waals surface area contributed by atoms with Gasteiger partial charge in [-0.3, -0.25) is 24.2 Å². The van der Waals surface area contributed by atoms with Crippen molar-refractivity contribution in [2.24, 2.45) is 11.7 Å². The van der Waals surface area contributed by atoms with Crippen LogP contribution in [-0.2, 0) is 40.6 Å². The van der Waals surface area contributed by atoms with Gasteiger partial charge in [0, 0.05) is 45.4 Å². The monoisotopic (exact) mass is 990 g/mol. The highest BCUT2D eigenvalue weighted by Crippen LogP contribution is 2.66. The average molecular weight is 991 g/mol. The minimum absolute atomic E-state index is 0.0207. The van der Waals surface area contributed by atoms with Gasteiger partial charge in [-0.25, -0.2) is 14.5 Å². The van der Waals surface area contributed by atoms with Crippen LogP contribution in [-0.4, -0.2) is 129 Å².